The summed E-state index contributed by atoms with van der Waals surface area (Å²) in [7, 11) is 0. The minimum Gasteiger partial charge on any atom is -0.481 e. The smallest absolute Gasteiger partial charge is 0.307 e. The summed E-state index contributed by atoms with van der Waals surface area (Å²) in [6, 6.07) is 7.09. The molecule has 2 aromatic rings. The second kappa shape index (κ2) is 5.23. The van der Waals surface area contributed by atoms with E-state index in [9.17, 15) is 4.79 Å². The van der Waals surface area contributed by atoms with Gasteiger partial charge in [-0.1, -0.05) is 12.1 Å². The lowest BCUT2D eigenvalue weighted by Gasteiger charge is -1.98. The first kappa shape index (κ1) is 12.6. The highest BCUT2D eigenvalue weighted by molar-refractivity contribution is 6.16. The van der Waals surface area contributed by atoms with Crippen LogP contribution < -0.4 is 0 Å². The summed E-state index contributed by atoms with van der Waals surface area (Å²) in [5.41, 5.74) is 2.27. The van der Waals surface area contributed by atoms with Gasteiger partial charge in [-0.3, -0.25) is 4.79 Å². The van der Waals surface area contributed by atoms with Crippen LogP contribution in [0.5, 0.6) is 0 Å². The van der Waals surface area contributed by atoms with Crippen molar-refractivity contribution in [2.75, 3.05) is 0 Å². The summed E-state index contributed by atoms with van der Waals surface area (Å²) >= 11 is 5.73. The number of rotatable bonds is 4. The van der Waals surface area contributed by atoms with Gasteiger partial charge < -0.3 is 9.52 Å². The quantitative estimate of drug-likeness (QED) is 0.863. The van der Waals surface area contributed by atoms with Gasteiger partial charge in [0.2, 0.25) is 5.89 Å². The van der Waals surface area contributed by atoms with Crippen LogP contribution in [-0.4, -0.2) is 16.1 Å². The van der Waals surface area contributed by atoms with Crippen LogP contribution in [0, 0.1) is 6.92 Å². The third kappa shape index (κ3) is 2.71. The number of carbonyl (C=O) groups is 1. The molecule has 94 valence electrons. The van der Waals surface area contributed by atoms with Gasteiger partial charge in [0.25, 0.3) is 0 Å². The second-order valence-electron chi connectivity index (χ2n) is 3.92. The highest BCUT2D eigenvalue weighted by atomic mass is 35.5. The van der Waals surface area contributed by atoms with Crippen molar-refractivity contribution in [3.63, 3.8) is 0 Å². The third-order valence-electron chi connectivity index (χ3n) is 2.58. The van der Waals surface area contributed by atoms with Gasteiger partial charge in [-0.2, -0.15) is 0 Å². The van der Waals surface area contributed by atoms with Crippen molar-refractivity contribution in [1.82, 2.24) is 4.98 Å². The fourth-order valence-corrected chi connectivity index (χ4v) is 1.86. The molecular formula is C13H12ClNO3. The number of aromatic nitrogens is 1. The zero-order valence-electron chi connectivity index (χ0n) is 9.81. The Bertz CT molecular complexity index is 560. The Morgan fingerprint density at radius 2 is 2.06 bits per heavy atom. The van der Waals surface area contributed by atoms with E-state index >= 15 is 0 Å². The lowest BCUT2D eigenvalue weighted by atomic mass is 10.1. The Labute approximate surface area is 109 Å². The van der Waals surface area contributed by atoms with Crippen LogP contribution >= 0.6 is 11.6 Å². The number of halogens is 1. The van der Waals surface area contributed by atoms with Gasteiger partial charge in [0.15, 0.2) is 0 Å². The van der Waals surface area contributed by atoms with E-state index in [1.165, 1.54) is 0 Å². The first-order valence-corrected chi connectivity index (χ1v) is 5.97. The maximum absolute atomic E-state index is 10.6. The number of carboxylic acid groups (broad SMARTS) is 1. The van der Waals surface area contributed by atoms with Crippen molar-refractivity contribution in [3.05, 3.63) is 41.3 Å². The van der Waals surface area contributed by atoms with Crippen LogP contribution in [0.4, 0.5) is 0 Å². The molecule has 1 aromatic carbocycles. The fourth-order valence-electron chi connectivity index (χ4n) is 1.62. The largest absolute Gasteiger partial charge is 0.481 e. The van der Waals surface area contributed by atoms with E-state index in [-0.39, 0.29) is 6.42 Å². The molecule has 0 unspecified atom stereocenters. The minimum absolute atomic E-state index is 0.0117. The monoisotopic (exact) mass is 265 g/mol. The normalized spacial score (nSPS) is 10.6. The molecule has 5 heteroatoms. The Morgan fingerprint density at radius 3 is 2.56 bits per heavy atom. The van der Waals surface area contributed by atoms with Gasteiger partial charge in [-0.05, 0) is 24.6 Å². The van der Waals surface area contributed by atoms with Gasteiger partial charge >= 0.3 is 5.97 Å². The molecule has 0 spiro atoms. The van der Waals surface area contributed by atoms with Gasteiger partial charge in [-0.25, -0.2) is 4.98 Å². The van der Waals surface area contributed by atoms with Crippen molar-refractivity contribution in [1.29, 1.82) is 0 Å². The Hall–Kier alpha value is -1.81. The average molecular weight is 266 g/mol. The molecule has 0 amide bonds. The van der Waals surface area contributed by atoms with Gasteiger partial charge in [-0.15, -0.1) is 11.6 Å². The molecule has 0 aliphatic carbocycles. The summed E-state index contributed by atoms with van der Waals surface area (Å²) in [4.78, 5) is 14.8. The number of carboxylic acids is 1. The highest BCUT2D eigenvalue weighted by Gasteiger charge is 2.10. The lowest BCUT2D eigenvalue weighted by molar-refractivity contribution is -0.136. The van der Waals surface area contributed by atoms with Crippen molar-refractivity contribution in [2.24, 2.45) is 0 Å². The predicted octanol–water partition coefficient (Wildman–Crippen LogP) is 3.02. The van der Waals surface area contributed by atoms with Crippen molar-refractivity contribution >= 4 is 17.6 Å². The van der Waals surface area contributed by atoms with Gasteiger partial charge in [0.1, 0.15) is 5.76 Å². The van der Waals surface area contributed by atoms with Gasteiger partial charge in [0, 0.05) is 5.56 Å². The van der Waals surface area contributed by atoms with E-state index in [1.54, 1.807) is 24.3 Å². The molecule has 0 saturated carbocycles. The zero-order valence-corrected chi connectivity index (χ0v) is 10.6. The molecular weight excluding hydrogens is 254 g/mol. The highest BCUT2D eigenvalue weighted by Crippen LogP contribution is 2.23. The number of benzene rings is 1. The average Bonchev–Trinajstić information content (AvgIpc) is 2.71. The van der Waals surface area contributed by atoms with Crippen LogP contribution in [0.2, 0.25) is 0 Å². The fraction of sp³-hybridized carbons (Fsp3) is 0.231. The maximum atomic E-state index is 10.6. The number of aliphatic carboxylic acids is 1. The predicted molar refractivity (Wildman–Crippen MR) is 67.6 cm³/mol. The Kier molecular flexibility index (Phi) is 3.67. The number of alkyl halides is 1. The number of aryl methyl sites for hydroxylation is 1. The summed E-state index contributed by atoms with van der Waals surface area (Å²) in [5, 5.41) is 8.68. The molecule has 0 saturated heterocycles. The number of oxazole rings is 1. The summed E-state index contributed by atoms with van der Waals surface area (Å²) in [6.07, 6.45) is 0.0117. The molecule has 0 radical (unpaired) electrons. The lowest BCUT2D eigenvalue weighted by Crippen LogP contribution is -1.99. The third-order valence-corrected chi connectivity index (χ3v) is 2.83. The van der Waals surface area contributed by atoms with Crippen LogP contribution in [0.25, 0.3) is 11.5 Å². The Balaban J connectivity index is 2.25. The topological polar surface area (TPSA) is 63.3 Å². The zero-order chi connectivity index (χ0) is 13.1. The first-order chi connectivity index (χ1) is 8.60. The maximum Gasteiger partial charge on any atom is 0.307 e. The standard InChI is InChI=1S/C13H12ClNO3/c1-8-11(7-14)15-13(18-8)10-4-2-9(3-5-10)6-12(16)17/h2-5H,6-7H2,1H3,(H,16,17). The molecule has 1 heterocycles. The first-order valence-electron chi connectivity index (χ1n) is 5.43. The van der Waals surface area contributed by atoms with Crippen LogP contribution in [-0.2, 0) is 17.1 Å². The number of hydrogen-bond donors (Lipinski definition) is 1. The minimum atomic E-state index is -0.848. The van der Waals surface area contributed by atoms with Crippen LogP contribution in [0.3, 0.4) is 0 Å². The molecule has 0 bridgehead atoms. The Morgan fingerprint density at radius 1 is 1.39 bits per heavy atom. The summed E-state index contributed by atoms with van der Waals surface area (Å²) in [5.74, 6) is 0.672. The molecule has 0 atom stereocenters. The van der Waals surface area contributed by atoms with E-state index in [1.807, 2.05) is 6.92 Å². The van der Waals surface area contributed by atoms with E-state index in [0.29, 0.717) is 17.5 Å². The van der Waals surface area contributed by atoms with E-state index in [4.69, 9.17) is 21.1 Å². The van der Waals surface area contributed by atoms with E-state index in [0.717, 1.165) is 16.8 Å². The van der Waals surface area contributed by atoms with Gasteiger partial charge in [0.05, 0.1) is 18.0 Å². The molecule has 0 aliphatic rings. The van der Waals surface area contributed by atoms with Crippen LogP contribution in [0.15, 0.2) is 28.7 Å². The molecule has 4 nitrogen and oxygen atoms in total. The van der Waals surface area contributed by atoms with Crippen molar-refractivity contribution < 1.29 is 14.3 Å². The van der Waals surface area contributed by atoms with Crippen molar-refractivity contribution in [3.8, 4) is 11.5 Å². The number of hydrogen-bond acceptors (Lipinski definition) is 3. The molecule has 18 heavy (non-hydrogen) atoms. The molecule has 0 fully saturated rings. The summed E-state index contributed by atoms with van der Waals surface area (Å²) in [6.45, 7) is 1.81. The summed E-state index contributed by atoms with van der Waals surface area (Å²) < 4.78 is 5.50. The van der Waals surface area contributed by atoms with Crippen LogP contribution in [0.1, 0.15) is 17.0 Å². The molecule has 0 aliphatic heterocycles. The van der Waals surface area contributed by atoms with Crippen molar-refractivity contribution in [2.45, 2.75) is 19.2 Å². The number of nitrogens with zero attached hydrogens (tertiary/aromatic N) is 1. The second-order valence-corrected chi connectivity index (χ2v) is 4.19. The van der Waals surface area contributed by atoms with E-state index < -0.39 is 5.97 Å². The van der Waals surface area contributed by atoms with E-state index in [2.05, 4.69) is 4.98 Å². The molecule has 2 rings (SSSR count). The molecule has 1 aromatic heterocycles. The SMILES string of the molecule is Cc1oc(-c2ccc(CC(=O)O)cc2)nc1CCl. The molecule has 1 N–H and O–H groups in total.